The molecule has 1 aliphatic rings. The minimum absolute atomic E-state index is 0.0758. The van der Waals surface area contributed by atoms with Crippen molar-refractivity contribution in [1.82, 2.24) is 10.2 Å². The summed E-state index contributed by atoms with van der Waals surface area (Å²) in [6, 6.07) is 2.80. The zero-order valence-corrected chi connectivity index (χ0v) is 12.8. The summed E-state index contributed by atoms with van der Waals surface area (Å²) >= 11 is 0. The number of carbonyl (C=O) groups excluding carboxylic acids is 1. The number of nitrogens with one attached hydrogen (secondary N) is 1. The first-order valence-electron chi connectivity index (χ1n) is 7.67. The highest BCUT2D eigenvalue weighted by Gasteiger charge is 2.27. The Bertz CT molecular complexity index is 433. The molecule has 0 radical (unpaired) electrons. The summed E-state index contributed by atoms with van der Waals surface area (Å²) in [5, 5.41) is 3.58. The Morgan fingerprint density at radius 1 is 1.40 bits per heavy atom. The number of nitrogens with zero attached hydrogens (tertiary/aromatic N) is 1. The van der Waals surface area contributed by atoms with Gasteiger partial charge in [-0.1, -0.05) is 6.92 Å². The minimum atomic E-state index is 0.0758. The first-order valence-corrected chi connectivity index (χ1v) is 7.67. The second kappa shape index (κ2) is 6.93. The molecule has 0 saturated heterocycles. The van der Waals surface area contributed by atoms with E-state index in [0.29, 0.717) is 17.6 Å². The van der Waals surface area contributed by atoms with Crippen molar-refractivity contribution in [2.75, 3.05) is 13.6 Å². The molecular weight excluding hydrogens is 252 g/mol. The van der Waals surface area contributed by atoms with Crippen LogP contribution in [0.2, 0.25) is 0 Å². The quantitative estimate of drug-likeness (QED) is 0.900. The van der Waals surface area contributed by atoms with Crippen molar-refractivity contribution in [2.45, 2.75) is 58.0 Å². The van der Waals surface area contributed by atoms with E-state index < -0.39 is 0 Å². The van der Waals surface area contributed by atoms with E-state index in [2.05, 4.69) is 12.2 Å². The van der Waals surface area contributed by atoms with Gasteiger partial charge in [-0.05, 0) is 51.6 Å². The molecule has 1 heterocycles. The van der Waals surface area contributed by atoms with E-state index in [-0.39, 0.29) is 5.91 Å². The lowest BCUT2D eigenvalue weighted by Crippen LogP contribution is -2.43. The number of carbonyl (C=O) groups is 1. The fourth-order valence-corrected chi connectivity index (χ4v) is 2.94. The molecule has 1 aliphatic carbocycles. The number of rotatable bonds is 5. The van der Waals surface area contributed by atoms with Crippen molar-refractivity contribution in [3.05, 3.63) is 23.7 Å². The van der Waals surface area contributed by atoms with Crippen LogP contribution in [0.25, 0.3) is 0 Å². The van der Waals surface area contributed by atoms with E-state index in [0.717, 1.165) is 38.0 Å². The van der Waals surface area contributed by atoms with Crippen LogP contribution >= 0.6 is 0 Å². The summed E-state index contributed by atoms with van der Waals surface area (Å²) in [6.45, 7) is 5.15. The normalized spacial score (nSPS) is 22.8. The molecule has 0 aliphatic heterocycles. The van der Waals surface area contributed by atoms with Gasteiger partial charge in [-0.2, -0.15) is 0 Å². The largest absolute Gasteiger partial charge is 0.469 e. The van der Waals surface area contributed by atoms with Crippen LogP contribution in [0, 0.1) is 6.92 Å². The number of amides is 1. The lowest BCUT2D eigenvalue weighted by molar-refractivity contribution is 0.0683. The standard InChI is InChI=1S/C16H26N2O2/c1-4-9-17-14-5-7-15(8-6-14)18(3)16(19)13-10-12(2)20-11-13/h10-11,14-15,17H,4-9H2,1-3H3. The zero-order valence-electron chi connectivity index (χ0n) is 12.8. The number of hydrogen-bond donors (Lipinski definition) is 1. The number of aryl methyl sites for hydroxylation is 1. The van der Waals surface area contributed by atoms with Crippen LogP contribution in [0.1, 0.15) is 55.1 Å². The van der Waals surface area contributed by atoms with E-state index in [9.17, 15) is 4.79 Å². The maximum absolute atomic E-state index is 12.4. The van der Waals surface area contributed by atoms with Crippen LogP contribution < -0.4 is 5.32 Å². The van der Waals surface area contributed by atoms with Gasteiger partial charge in [0, 0.05) is 19.1 Å². The Morgan fingerprint density at radius 3 is 2.65 bits per heavy atom. The molecule has 0 atom stereocenters. The van der Waals surface area contributed by atoms with Crippen LogP contribution in [0.15, 0.2) is 16.7 Å². The zero-order chi connectivity index (χ0) is 14.5. The van der Waals surface area contributed by atoms with Gasteiger partial charge >= 0.3 is 0 Å². The molecule has 20 heavy (non-hydrogen) atoms. The van der Waals surface area contributed by atoms with Crippen molar-refractivity contribution in [3.63, 3.8) is 0 Å². The molecule has 1 fully saturated rings. The predicted octanol–water partition coefficient (Wildman–Crippen LogP) is 2.97. The molecule has 112 valence electrons. The van der Waals surface area contributed by atoms with Gasteiger partial charge in [0.25, 0.3) is 5.91 Å². The molecule has 0 spiro atoms. The molecule has 1 aromatic heterocycles. The van der Waals surface area contributed by atoms with Gasteiger partial charge in [0.15, 0.2) is 0 Å². The van der Waals surface area contributed by atoms with Gasteiger partial charge in [0.1, 0.15) is 12.0 Å². The molecule has 1 aromatic rings. The maximum Gasteiger partial charge on any atom is 0.257 e. The third-order valence-corrected chi connectivity index (χ3v) is 4.23. The van der Waals surface area contributed by atoms with Gasteiger partial charge in [-0.3, -0.25) is 4.79 Å². The van der Waals surface area contributed by atoms with Crippen molar-refractivity contribution in [1.29, 1.82) is 0 Å². The Kier molecular flexibility index (Phi) is 5.24. The van der Waals surface area contributed by atoms with Crippen LogP contribution in [0.3, 0.4) is 0 Å². The van der Waals surface area contributed by atoms with E-state index in [1.807, 2.05) is 24.9 Å². The SMILES string of the molecule is CCCNC1CCC(N(C)C(=O)c2coc(C)c2)CC1. The Labute approximate surface area is 121 Å². The molecule has 2 rings (SSSR count). The van der Waals surface area contributed by atoms with Crippen LogP contribution in [-0.2, 0) is 0 Å². The number of furan rings is 1. The lowest BCUT2D eigenvalue weighted by Gasteiger charge is -2.35. The highest BCUT2D eigenvalue weighted by Crippen LogP contribution is 2.24. The van der Waals surface area contributed by atoms with Gasteiger partial charge in [-0.15, -0.1) is 0 Å². The van der Waals surface area contributed by atoms with Gasteiger partial charge < -0.3 is 14.6 Å². The summed E-state index contributed by atoms with van der Waals surface area (Å²) in [7, 11) is 1.91. The average molecular weight is 278 g/mol. The third-order valence-electron chi connectivity index (χ3n) is 4.23. The van der Waals surface area contributed by atoms with E-state index >= 15 is 0 Å². The number of hydrogen-bond acceptors (Lipinski definition) is 3. The van der Waals surface area contributed by atoms with Crippen molar-refractivity contribution in [3.8, 4) is 0 Å². The first-order chi connectivity index (χ1) is 9.61. The average Bonchev–Trinajstić information content (AvgIpc) is 2.90. The fourth-order valence-electron chi connectivity index (χ4n) is 2.94. The molecule has 1 N–H and O–H groups in total. The van der Waals surface area contributed by atoms with Gasteiger partial charge in [0.05, 0.1) is 5.56 Å². The molecule has 0 bridgehead atoms. The second-order valence-corrected chi connectivity index (χ2v) is 5.82. The summed E-state index contributed by atoms with van der Waals surface area (Å²) in [5.74, 6) is 0.862. The predicted molar refractivity (Wildman–Crippen MR) is 79.9 cm³/mol. The van der Waals surface area contributed by atoms with Crippen molar-refractivity contribution in [2.24, 2.45) is 0 Å². The molecule has 4 heteroatoms. The topological polar surface area (TPSA) is 45.5 Å². The van der Waals surface area contributed by atoms with Gasteiger partial charge in [0.2, 0.25) is 0 Å². The fraction of sp³-hybridized carbons (Fsp3) is 0.688. The highest BCUT2D eigenvalue weighted by atomic mass is 16.3. The van der Waals surface area contributed by atoms with E-state index in [1.54, 1.807) is 6.26 Å². The lowest BCUT2D eigenvalue weighted by atomic mass is 9.90. The summed E-state index contributed by atoms with van der Waals surface area (Å²) < 4.78 is 5.23. The van der Waals surface area contributed by atoms with E-state index in [4.69, 9.17) is 4.42 Å². The Balaban J connectivity index is 1.85. The summed E-state index contributed by atoms with van der Waals surface area (Å²) in [6.07, 6.45) is 7.22. The monoisotopic (exact) mass is 278 g/mol. The molecule has 0 aromatic carbocycles. The first kappa shape index (κ1) is 15.1. The van der Waals surface area contributed by atoms with Crippen LogP contribution in [0.5, 0.6) is 0 Å². The van der Waals surface area contributed by atoms with Crippen molar-refractivity contribution < 1.29 is 9.21 Å². The highest BCUT2D eigenvalue weighted by molar-refractivity contribution is 5.94. The van der Waals surface area contributed by atoms with Crippen LogP contribution in [-0.4, -0.2) is 36.5 Å². The molecule has 4 nitrogen and oxygen atoms in total. The molecule has 0 unspecified atom stereocenters. The summed E-state index contributed by atoms with van der Waals surface area (Å²) in [5.41, 5.74) is 0.663. The van der Waals surface area contributed by atoms with Crippen LogP contribution in [0.4, 0.5) is 0 Å². The molecular formula is C16H26N2O2. The molecule has 1 saturated carbocycles. The summed E-state index contributed by atoms with van der Waals surface area (Å²) in [4.78, 5) is 14.3. The van der Waals surface area contributed by atoms with E-state index in [1.165, 1.54) is 6.42 Å². The third kappa shape index (κ3) is 3.63. The second-order valence-electron chi connectivity index (χ2n) is 5.82. The smallest absolute Gasteiger partial charge is 0.257 e. The maximum atomic E-state index is 12.4. The Morgan fingerprint density at radius 2 is 2.10 bits per heavy atom. The molecule has 1 amide bonds. The minimum Gasteiger partial charge on any atom is -0.469 e. The van der Waals surface area contributed by atoms with Gasteiger partial charge in [-0.25, -0.2) is 0 Å². The van der Waals surface area contributed by atoms with Crippen molar-refractivity contribution >= 4 is 5.91 Å². The Hall–Kier alpha value is -1.29.